The molecule has 2 aliphatic rings. The van der Waals surface area contributed by atoms with Crippen molar-refractivity contribution in [3.8, 4) is 11.4 Å². The van der Waals surface area contributed by atoms with Crippen LogP contribution in [0.2, 0.25) is 0 Å². The SMILES string of the molecule is C=c1c(-c2cc3c(N4CCN(C)CC4)cncc3[nH]2)n[nH]/c1=C/C=C(\C)C1=CCNCC1. The van der Waals surface area contributed by atoms with E-state index in [1.54, 1.807) is 0 Å². The molecule has 2 aliphatic heterocycles. The van der Waals surface area contributed by atoms with E-state index in [0.29, 0.717) is 0 Å². The van der Waals surface area contributed by atoms with Crippen LogP contribution in [0.4, 0.5) is 5.69 Å². The summed E-state index contributed by atoms with van der Waals surface area (Å²) in [7, 11) is 2.17. The number of rotatable bonds is 4. The van der Waals surface area contributed by atoms with Crippen molar-refractivity contribution in [1.82, 2.24) is 30.4 Å². The van der Waals surface area contributed by atoms with Crippen molar-refractivity contribution >= 4 is 29.2 Å². The second-order valence-corrected chi connectivity index (χ2v) is 8.76. The lowest BCUT2D eigenvalue weighted by Gasteiger charge is -2.34. The van der Waals surface area contributed by atoms with E-state index < -0.39 is 0 Å². The van der Waals surface area contributed by atoms with Crippen molar-refractivity contribution in [2.45, 2.75) is 13.3 Å². The van der Waals surface area contributed by atoms with Crippen LogP contribution in [-0.4, -0.2) is 71.4 Å². The molecule has 3 aromatic heterocycles. The number of aromatic amines is 2. The highest BCUT2D eigenvalue weighted by Gasteiger charge is 2.18. The molecule has 0 unspecified atom stereocenters. The molecule has 166 valence electrons. The minimum atomic E-state index is 0.851. The van der Waals surface area contributed by atoms with E-state index in [0.717, 1.165) is 73.2 Å². The molecule has 0 aliphatic carbocycles. The zero-order valence-electron chi connectivity index (χ0n) is 18.9. The molecule has 0 aromatic carbocycles. The van der Waals surface area contributed by atoms with Gasteiger partial charge in [-0.05, 0) is 50.2 Å². The zero-order chi connectivity index (χ0) is 22.1. The Morgan fingerprint density at radius 3 is 2.81 bits per heavy atom. The number of likely N-dealkylation sites (N-methyl/N-ethyl adjacent to an activating group) is 1. The van der Waals surface area contributed by atoms with E-state index in [9.17, 15) is 0 Å². The highest BCUT2D eigenvalue weighted by Crippen LogP contribution is 2.29. The molecule has 3 aromatic rings. The summed E-state index contributed by atoms with van der Waals surface area (Å²) < 4.78 is 0. The van der Waals surface area contributed by atoms with E-state index in [4.69, 9.17) is 0 Å². The first-order valence-electron chi connectivity index (χ1n) is 11.3. The number of fused-ring (bicyclic) bond motifs is 1. The van der Waals surface area contributed by atoms with Gasteiger partial charge in [0.05, 0.1) is 34.6 Å². The highest BCUT2D eigenvalue weighted by molar-refractivity contribution is 5.95. The number of nitrogens with one attached hydrogen (secondary N) is 3. The Morgan fingerprint density at radius 1 is 1.19 bits per heavy atom. The maximum atomic E-state index is 4.58. The van der Waals surface area contributed by atoms with E-state index >= 15 is 0 Å². The van der Waals surface area contributed by atoms with Crippen LogP contribution in [0.15, 0.2) is 41.8 Å². The summed E-state index contributed by atoms with van der Waals surface area (Å²) in [6, 6.07) is 2.18. The minimum Gasteiger partial charge on any atom is -0.367 e. The molecular formula is C25H31N7. The quantitative estimate of drug-likeness (QED) is 0.589. The summed E-state index contributed by atoms with van der Waals surface area (Å²) in [4.78, 5) is 12.8. The number of hydrogen-bond acceptors (Lipinski definition) is 5. The molecule has 0 saturated carbocycles. The summed E-state index contributed by atoms with van der Waals surface area (Å²) in [5.74, 6) is 0. The van der Waals surface area contributed by atoms with Crippen LogP contribution in [0.25, 0.3) is 34.9 Å². The molecule has 0 atom stereocenters. The number of aromatic nitrogens is 4. The van der Waals surface area contributed by atoms with Gasteiger partial charge in [-0.2, -0.15) is 5.10 Å². The monoisotopic (exact) mass is 429 g/mol. The summed E-state index contributed by atoms with van der Waals surface area (Å²) in [5.41, 5.74) is 6.72. The Bertz CT molecular complexity index is 1290. The molecular weight excluding hydrogens is 398 g/mol. The average molecular weight is 430 g/mol. The van der Waals surface area contributed by atoms with Gasteiger partial charge in [0.1, 0.15) is 5.69 Å². The predicted molar refractivity (Wildman–Crippen MR) is 132 cm³/mol. The van der Waals surface area contributed by atoms with Crippen LogP contribution in [0.3, 0.4) is 0 Å². The zero-order valence-corrected chi connectivity index (χ0v) is 18.9. The van der Waals surface area contributed by atoms with Crippen LogP contribution in [0.5, 0.6) is 0 Å². The molecule has 0 amide bonds. The molecule has 0 spiro atoms. The number of piperazine rings is 1. The van der Waals surface area contributed by atoms with Gasteiger partial charge in [0.2, 0.25) is 0 Å². The molecule has 5 rings (SSSR count). The fourth-order valence-electron chi connectivity index (χ4n) is 4.50. The van der Waals surface area contributed by atoms with Crippen molar-refractivity contribution < 1.29 is 0 Å². The molecule has 0 bridgehead atoms. The van der Waals surface area contributed by atoms with Crippen molar-refractivity contribution in [3.05, 3.63) is 52.3 Å². The third kappa shape index (κ3) is 4.01. The second kappa shape index (κ2) is 8.76. The maximum Gasteiger partial charge on any atom is 0.116 e. The van der Waals surface area contributed by atoms with Crippen LogP contribution < -0.4 is 20.8 Å². The molecule has 1 saturated heterocycles. The third-order valence-electron chi connectivity index (χ3n) is 6.59. The fourth-order valence-corrected chi connectivity index (χ4v) is 4.50. The number of allylic oxidation sites excluding steroid dienone is 2. The Kier molecular flexibility index (Phi) is 5.68. The Morgan fingerprint density at radius 2 is 2.03 bits per heavy atom. The summed E-state index contributed by atoms with van der Waals surface area (Å²) in [5, 5.41) is 14.1. The second-order valence-electron chi connectivity index (χ2n) is 8.76. The number of pyridine rings is 1. The Hall–Kier alpha value is -3.16. The Labute approximate surface area is 188 Å². The predicted octanol–water partition coefficient (Wildman–Crippen LogP) is 1.76. The lowest BCUT2D eigenvalue weighted by atomic mass is 10.0. The van der Waals surface area contributed by atoms with E-state index in [1.165, 1.54) is 22.2 Å². The van der Waals surface area contributed by atoms with Gasteiger partial charge in [-0.3, -0.25) is 10.1 Å². The highest BCUT2D eigenvalue weighted by atomic mass is 15.2. The Balaban J connectivity index is 1.46. The first-order valence-corrected chi connectivity index (χ1v) is 11.3. The fraction of sp³-hybridized carbons (Fsp3) is 0.360. The van der Waals surface area contributed by atoms with Gasteiger partial charge in [-0.1, -0.05) is 18.7 Å². The van der Waals surface area contributed by atoms with Crippen LogP contribution >= 0.6 is 0 Å². The summed E-state index contributed by atoms with van der Waals surface area (Å²) >= 11 is 0. The lowest BCUT2D eigenvalue weighted by molar-refractivity contribution is 0.313. The number of anilines is 1. The largest absolute Gasteiger partial charge is 0.367 e. The number of nitrogens with zero attached hydrogens (tertiary/aromatic N) is 4. The van der Waals surface area contributed by atoms with Crippen molar-refractivity contribution in [1.29, 1.82) is 0 Å². The van der Waals surface area contributed by atoms with Crippen LogP contribution in [0.1, 0.15) is 13.3 Å². The molecule has 7 heteroatoms. The van der Waals surface area contributed by atoms with Gasteiger partial charge in [0.25, 0.3) is 0 Å². The standard InChI is InChI=1S/C25H31N7/c1-17(19-6-8-26-9-7-19)4-5-21-18(2)25(30-29-21)22-14-20-23(28-22)15-27-16-24(20)32-12-10-31(3)11-13-32/h4-6,14-16,26,28-29H,2,7-13H2,1,3H3/b17-4+,21-5+. The normalized spacial score (nSPS) is 19.1. The third-order valence-corrected chi connectivity index (χ3v) is 6.59. The van der Waals surface area contributed by atoms with E-state index in [-0.39, 0.29) is 0 Å². The van der Waals surface area contributed by atoms with Gasteiger partial charge in [0, 0.05) is 43.3 Å². The summed E-state index contributed by atoms with van der Waals surface area (Å²) in [6.07, 6.45) is 11.4. The molecule has 0 radical (unpaired) electrons. The maximum absolute atomic E-state index is 4.58. The first-order chi connectivity index (χ1) is 15.6. The van der Waals surface area contributed by atoms with Crippen LogP contribution in [0, 0.1) is 0 Å². The molecule has 7 nitrogen and oxygen atoms in total. The molecule has 32 heavy (non-hydrogen) atoms. The lowest BCUT2D eigenvalue weighted by Crippen LogP contribution is -2.44. The van der Waals surface area contributed by atoms with E-state index in [1.807, 2.05) is 12.4 Å². The number of H-pyrrole nitrogens is 2. The first kappa shape index (κ1) is 20.7. The van der Waals surface area contributed by atoms with Crippen molar-refractivity contribution in [2.24, 2.45) is 0 Å². The molecule has 1 fully saturated rings. The van der Waals surface area contributed by atoms with E-state index in [2.05, 4.69) is 80.1 Å². The number of hydrogen-bond donors (Lipinski definition) is 3. The average Bonchev–Trinajstić information content (AvgIpc) is 3.41. The van der Waals surface area contributed by atoms with Crippen molar-refractivity contribution in [3.63, 3.8) is 0 Å². The van der Waals surface area contributed by atoms with Gasteiger partial charge >= 0.3 is 0 Å². The van der Waals surface area contributed by atoms with Gasteiger partial charge in [-0.25, -0.2) is 0 Å². The molecule has 5 heterocycles. The topological polar surface area (TPSA) is 75.9 Å². The minimum absolute atomic E-state index is 0.851. The summed E-state index contributed by atoms with van der Waals surface area (Å²) in [6.45, 7) is 12.6. The van der Waals surface area contributed by atoms with Gasteiger partial charge in [0.15, 0.2) is 0 Å². The van der Waals surface area contributed by atoms with Crippen LogP contribution in [-0.2, 0) is 0 Å². The van der Waals surface area contributed by atoms with Gasteiger partial charge < -0.3 is 20.1 Å². The molecule has 3 N–H and O–H groups in total. The van der Waals surface area contributed by atoms with Gasteiger partial charge in [-0.15, -0.1) is 0 Å². The smallest absolute Gasteiger partial charge is 0.116 e. The van der Waals surface area contributed by atoms with Crippen molar-refractivity contribution in [2.75, 3.05) is 51.2 Å².